The number of aromatic amines is 1. The largest absolute Gasteiger partial charge is 0.497 e. The summed E-state index contributed by atoms with van der Waals surface area (Å²) in [5.41, 5.74) is 3.94. The summed E-state index contributed by atoms with van der Waals surface area (Å²) >= 11 is 19.8. The van der Waals surface area contributed by atoms with E-state index in [2.05, 4.69) is 4.98 Å². The van der Waals surface area contributed by atoms with Crippen LogP contribution in [0.1, 0.15) is 32.5 Å². The van der Waals surface area contributed by atoms with Crippen LogP contribution in [0.4, 0.5) is 0 Å². The first-order valence-electron chi connectivity index (χ1n) is 10.2. The van der Waals surface area contributed by atoms with Gasteiger partial charge in [0.25, 0.3) is 5.91 Å². The number of nitrogens with zero attached hydrogens (tertiary/aromatic N) is 1. The third-order valence-corrected chi connectivity index (χ3v) is 8.54. The van der Waals surface area contributed by atoms with Crippen molar-refractivity contribution in [3.05, 3.63) is 78.5 Å². The Labute approximate surface area is 209 Å². The number of thiophene rings is 1. The van der Waals surface area contributed by atoms with Crippen molar-refractivity contribution in [2.24, 2.45) is 0 Å². The van der Waals surface area contributed by atoms with Gasteiger partial charge in [0.05, 0.1) is 24.3 Å². The first-order chi connectivity index (χ1) is 15.9. The van der Waals surface area contributed by atoms with Gasteiger partial charge in [0, 0.05) is 28.7 Å². The van der Waals surface area contributed by atoms with Crippen molar-refractivity contribution >= 4 is 62.9 Å². The first kappa shape index (κ1) is 22.4. The summed E-state index contributed by atoms with van der Waals surface area (Å²) in [5.74, 6) is 1.25. The number of fused-ring (bicyclic) bond motifs is 3. The number of aromatic nitrogens is 1. The molecule has 2 aromatic carbocycles. The second-order valence-corrected chi connectivity index (χ2v) is 10.0. The Bertz CT molecular complexity index is 1380. The van der Waals surface area contributed by atoms with Crippen LogP contribution in [-0.2, 0) is 6.42 Å². The summed E-state index contributed by atoms with van der Waals surface area (Å²) in [6.45, 7) is 0.488. The Morgan fingerprint density at radius 3 is 2.58 bits per heavy atom. The molecule has 1 atom stereocenters. The third-order valence-electron chi connectivity index (χ3n) is 5.98. The van der Waals surface area contributed by atoms with E-state index in [1.807, 2.05) is 42.5 Å². The highest BCUT2D eigenvalue weighted by atomic mass is 35.5. The van der Waals surface area contributed by atoms with Crippen LogP contribution in [0.3, 0.4) is 0 Å². The van der Waals surface area contributed by atoms with E-state index in [-0.39, 0.29) is 16.0 Å². The Balaban J connectivity index is 1.71. The lowest BCUT2D eigenvalue weighted by Gasteiger charge is -2.36. The van der Waals surface area contributed by atoms with Crippen molar-refractivity contribution in [3.8, 4) is 11.5 Å². The molecule has 170 valence electrons. The van der Waals surface area contributed by atoms with Crippen molar-refractivity contribution in [1.29, 1.82) is 0 Å². The van der Waals surface area contributed by atoms with Gasteiger partial charge >= 0.3 is 0 Å². The number of hydrogen-bond donors (Lipinski definition) is 1. The molecule has 0 saturated carbocycles. The molecule has 9 heteroatoms. The van der Waals surface area contributed by atoms with E-state index in [0.717, 1.165) is 44.8 Å². The van der Waals surface area contributed by atoms with Crippen LogP contribution >= 0.6 is 46.1 Å². The number of methoxy groups -OCH3 is 2. The number of hydrogen-bond acceptors (Lipinski definition) is 4. The van der Waals surface area contributed by atoms with E-state index < -0.39 is 6.04 Å². The van der Waals surface area contributed by atoms with Gasteiger partial charge in [-0.1, -0.05) is 53.0 Å². The van der Waals surface area contributed by atoms with E-state index in [9.17, 15) is 4.79 Å². The maximum atomic E-state index is 13.8. The summed E-state index contributed by atoms with van der Waals surface area (Å²) < 4.78 is 11.4. The monoisotopic (exact) mass is 520 g/mol. The van der Waals surface area contributed by atoms with Gasteiger partial charge in [0.2, 0.25) is 0 Å². The second kappa shape index (κ2) is 8.76. The van der Waals surface area contributed by atoms with Crippen molar-refractivity contribution in [3.63, 3.8) is 0 Å². The molecule has 1 N–H and O–H groups in total. The number of nitrogens with one attached hydrogen (secondary N) is 1. The predicted octanol–water partition coefficient (Wildman–Crippen LogP) is 6.99. The Morgan fingerprint density at radius 1 is 1.09 bits per heavy atom. The van der Waals surface area contributed by atoms with E-state index in [0.29, 0.717) is 27.9 Å². The molecule has 5 rings (SSSR count). The molecule has 1 amide bonds. The van der Waals surface area contributed by atoms with Gasteiger partial charge in [0.1, 0.15) is 26.8 Å². The van der Waals surface area contributed by atoms with Gasteiger partial charge in [-0.3, -0.25) is 4.79 Å². The molecule has 0 fully saturated rings. The minimum atomic E-state index is -0.411. The summed E-state index contributed by atoms with van der Waals surface area (Å²) in [7, 11) is 3.28. The molecule has 0 spiro atoms. The SMILES string of the molecule is COc1ccc2[nH]c3c(c2c1)CCN(C(=O)c1sc(Cl)c(Cl)c1Cl)[C@H]3c1ccccc1OC. The zero-order valence-electron chi connectivity index (χ0n) is 17.7. The minimum Gasteiger partial charge on any atom is -0.497 e. The molecule has 33 heavy (non-hydrogen) atoms. The lowest BCUT2D eigenvalue weighted by Crippen LogP contribution is -2.40. The highest BCUT2D eigenvalue weighted by molar-refractivity contribution is 7.19. The molecule has 1 aliphatic heterocycles. The highest BCUT2D eigenvalue weighted by Crippen LogP contribution is 2.45. The number of rotatable bonds is 4. The van der Waals surface area contributed by atoms with Crippen LogP contribution in [0.25, 0.3) is 10.9 Å². The lowest BCUT2D eigenvalue weighted by atomic mass is 9.91. The fourth-order valence-corrected chi connectivity index (χ4v) is 6.22. The third kappa shape index (κ3) is 3.66. The van der Waals surface area contributed by atoms with E-state index >= 15 is 0 Å². The molecule has 3 heterocycles. The zero-order valence-corrected chi connectivity index (χ0v) is 20.8. The molecular formula is C24H19Cl3N2O3S. The van der Waals surface area contributed by atoms with Crippen molar-refractivity contribution in [2.75, 3.05) is 20.8 Å². The van der Waals surface area contributed by atoms with Crippen LogP contribution in [-0.4, -0.2) is 36.6 Å². The molecule has 0 unspecified atom stereocenters. The van der Waals surface area contributed by atoms with E-state index in [1.54, 1.807) is 19.1 Å². The average molecular weight is 522 g/mol. The fraction of sp³-hybridized carbons (Fsp3) is 0.208. The van der Waals surface area contributed by atoms with E-state index in [1.165, 1.54) is 0 Å². The topological polar surface area (TPSA) is 54.6 Å². The smallest absolute Gasteiger partial charge is 0.266 e. The average Bonchev–Trinajstić information content (AvgIpc) is 3.34. The van der Waals surface area contributed by atoms with Crippen molar-refractivity contribution < 1.29 is 14.3 Å². The summed E-state index contributed by atoms with van der Waals surface area (Å²) in [6, 6.07) is 13.2. The van der Waals surface area contributed by atoms with Gasteiger partial charge in [-0.2, -0.15) is 0 Å². The van der Waals surface area contributed by atoms with Crippen LogP contribution in [0.5, 0.6) is 11.5 Å². The maximum absolute atomic E-state index is 13.8. The molecule has 1 aliphatic rings. The molecule has 0 saturated heterocycles. The van der Waals surface area contributed by atoms with Crippen molar-refractivity contribution in [2.45, 2.75) is 12.5 Å². The number of amides is 1. The number of carbonyl (C=O) groups excluding carboxylic acids is 1. The number of benzene rings is 2. The molecule has 0 aliphatic carbocycles. The van der Waals surface area contributed by atoms with Crippen molar-refractivity contribution in [1.82, 2.24) is 9.88 Å². The van der Waals surface area contributed by atoms with Crippen LogP contribution in [0.15, 0.2) is 42.5 Å². The molecule has 2 aromatic heterocycles. The fourth-order valence-electron chi connectivity index (χ4n) is 4.46. The number of H-pyrrole nitrogens is 1. The minimum absolute atomic E-state index is 0.183. The lowest BCUT2D eigenvalue weighted by molar-refractivity contribution is 0.0695. The summed E-state index contributed by atoms with van der Waals surface area (Å²) in [4.78, 5) is 19.4. The Hall–Kier alpha value is -2.38. The molecule has 0 radical (unpaired) electrons. The molecule has 5 nitrogen and oxygen atoms in total. The quantitative estimate of drug-likeness (QED) is 0.315. The van der Waals surface area contributed by atoms with Gasteiger partial charge in [0.15, 0.2) is 0 Å². The number of ether oxygens (including phenoxy) is 2. The van der Waals surface area contributed by atoms with Gasteiger partial charge in [-0.15, -0.1) is 11.3 Å². The molecule has 4 aromatic rings. The summed E-state index contributed by atoms with van der Waals surface area (Å²) in [5, 5.41) is 1.47. The number of para-hydroxylation sites is 1. The predicted molar refractivity (Wildman–Crippen MR) is 134 cm³/mol. The maximum Gasteiger partial charge on any atom is 0.266 e. The highest BCUT2D eigenvalue weighted by Gasteiger charge is 2.38. The van der Waals surface area contributed by atoms with E-state index in [4.69, 9.17) is 44.3 Å². The second-order valence-electron chi connectivity index (χ2n) is 7.65. The van der Waals surface area contributed by atoms with Gasteiger partial charge < -0.3 is 19.4 Å². The Kier molecular flexibility index (Phi) is 5.95. The van der Waals surface area contributed by atoms with Crippen LogP contribution in [0, 0.1) is 0 Å². The molecule has 0 bridgehead atoms. The summed E-state index contributed by atoms with van der Waals surface area (Å²) in [6.07, 6.45) is 0.671. The number of carbonyl (C=O) groups is 1. The Morgan fingerprint density at radius 2 is 1.88 bits per heavy atom. The van der Waals surface area contributed by atoms with Crippen LogP contribution < -0.4 is 9.47 Å². The standard InChI is InChI=1S/C24H19Cl3N2O3S/c1-31-12-7-8-16-15(11-12)13-9-10-29(24(30)22-18(25)19(26)23(27)33-22)21(20(13)28-16)14-5-3-4-6-17(14)32-2/h3-8,11,21,28H,9-10H2,1-2H3/t21-/m0/s1. The van der Waals surface area contributed by atoms with Crippen LogP contribution in [0.2, 0.25) is 14.4 Å². The molecular weight excluding hydrogens is 503 g/mol. The number of halogens is 3. The zero-order chi connectivity index (χ0) is 23.3. The first-order valence-corrected chi connectivity index (χ1v) is 12.1. The van der Waals surface area contributed by atoms with Gasteiger partial charge in [-0.05, 0) is 36.2 Å². The van der Waals surface area contributed by atoms with Gasteiger partial charge in [-0.25, -0.2) is 0 Å². The normalized spacial score (nSPS) is 15.5.